The summed E-state index contributed by atoms with van der Waals surface area (Å²) in [5.41, 5.74) is 5.64. The number of nitrogens with zero attached hydrogens (tertiary/aromatic N) is 1. The molecule has 5 heteroatoms. The molecule has 0 rings (SSSR count). The predicted molar refractivity (Wildman–Crippen MR) is 71.8 cm³/mol. The molecule has 0 saturated heterocycles. The van der Waals surface area contributed by atoms with Gasteiger partial charge in [-0.1, -0.05) is 27.7 Å². The lowest BCUT2D eigenvalue weighted by molar-refractivity contribution is -0.121. The van der Waals surface area contributed by atoms with Crippen molar-refractivity contribution in [3.63, 3.8) is 0 Å². The van der Waals surface area contributed by atoms with E-state index >= 15 is 0 Å². The molecule has 0 aromatic heterocycles. The van der Waals surface area contributed by atoms with Gasteiger partial charge in [-0.3, -0.25) is 9.79 Å². The van der Waals surface area contributed by atoms with Gasteiger partial charge in [0.2, 0.25) is 5.91 Å². The summed E-state index contributed by atoms with van der Waals surface area (Å²) in [6.45, 7) is 10.2. The van der Waals surface area contributed by atoms with Crippen molar-refractivity contribution in [2.75, 3.05) is 19.6 Å². The van der Waals surface area contributed by atoms with Crippen LogP contribution >= 0.6 is 0 Å². The fourth-order valence-corrected chi connectivity index (χ4v) is 1.05. The highest BCUT2D eigenvalue weighted by Gasteiger charge is 2.02. The smallest absolute Gasteiger partial charge is 0.221 e. The van der Waals surface area contributed by atoms with Crippen LogP contribution in [0.15, 0.2) is 4.99 Å². The summed E-state index contributed by atoms with van der Waals surface area (Å²) in [4.78, 5) is 15.5. The van der Waals surface area contributed by atoms with Gasteiger partial charge in [-0.2, -0.15) is 0 Å². The normalized spacial score (nSPS) is 12.0. The van der Waals surface area contributed by atoms with Gasteiger partial charge in [0.05, 0.1) is 0 Å². The summed E-state index contributed by atoms with van der Waals surface area (Å²) in [5.74, 6) is 1.42. The molecule has 0 fully saturated rings. The summed E-state index contributed by atoms with van der Waals surface area (Å²) in [6.07, 6.45) is 0.421. The van der Waals surface area contributed by atoms with Crippen molar-refractivity contribution in [3.05, 3.63) is 0 Å². The quantitative estimate of drug-likeness (QED) is 0.454. The second-order valence-electron chi connectivity index (χ2n) is 4.99. The minimum atomic E-state index is 0.0443. The van der Waals surface area contributed by atoms with Crippen LogP contribution in [-0.4, -0.2) is 31.5 Å². The second-order valence-corrected chi connectivity index (χ2v) is 4.99. The van der Waals surface area contributed by atoms with Crippen LogP contribution in [0.1, 0.15) is 34.1 Å². The highest BCUT2D eigenvalue weighted by Crippen LogP contribution is 1.90. The number of nitrogens with one attached hydrogen (secondary N) is 2. The van der Waals surface area contributed by atoms with Crippen LogP contribution in [0.2, 0.25) is 0 Å². The maximum atomic E-state index is 11.4. The van der Waals surface area contributed by atoms with Crippen molar-refractivity contribution in [2.24, 2.45) is 22.6 Å². The number of hydrogen-bond donors (Lipinski definition) is 3. The van der Waals surface area contributed by atoms with Crippen LogP contribution < -0.4 is 16.4 Å². The summed E-state index contributed by atoms with van der Waals surface area (Å²) >= 11 is 0. The van der Waals surface area contributed by atoms with Gasteiger partial charge in [-0.15, -0.1) is 0 Å². The SMILES string of the molecule is CC(C)CN=C(N)NCCC(=O)NCC(C)C. The maximum absolute atomic E-state index is 11.4. The summed E-state index contributed by atoms with van der Waals surface area (Å²) < 4.78 is 0. The monoisotopic (exact) mass is 242 g/mol. The zero-order valence-corrected chi connectivity index (χ0v) is 11.4. The Morgan fingerprint density at radius 1 is 1.18 bits per heavy atom. The molecule has 0 aliphatic carbocycles. The van der Waals surface area contributed by atoms with Crippen LogP contribution in [-0.2, 0) is 4.79 Å². The predicted octanol–water partition coefficient (Wildman–Crippen LogP) is 0.709. The van der Waals surface area contributed by atoms with Gasteiger partial charge >= 0.3 is 0 Å². The Hall–Kier alpha value is -1.26. The van der Waals surface area contributed by atoms with Crippen molar-refractivity contribution in [3.8, 4) is 0 Å². The van der Waals surface area contributed by atoms with E-state index in [4.69, 9.17) is 5.73 Å². The van der Waals surface area contributed by atoms with Crippen LogP contribution in [0, 0.1) is 11.8 Å². The molecule has 0 bridgehead atoms. The van der Waals surface area contributed by atoms with Crippen molar-refractivity contribution in [1.82, 2.24) is 10.6 Å². The summed E-state index contributed by atoms with van der Waals surface area (Å²) in [5, 5.41) is 5.77. The first kappa shape index (κ1) is 15.7. The lowest BCUT2D eigenvalue weighted by Gasteiger charge is -2.09. The number of aliphatic imine (C=N–C) groups is 1. The van der Waals surface area contributed by atoms with Gasteiger partial charge in [0, 0.05) is 26.1 Å². The molecule has 100 valence electrons. The zero-order chi connectivity index (χ0) is 13.3. The van der Waals surface area contributed by atoms with Crippen LogP contribution in [0.3, 0.4) is 0 Å². The third-order valence-electron chi connectivity index (χ3n) is 1.99. The Morgan fingerprint density at radius 3 is 2.35 bits per heavy atom. The molecule has 5 nitrogen and oxygen atoms in total. The topological polar surface area (TPSA) is 79.5 Å². The molecule has 17 heavy (non-hydrogen) atoms. The number of rotatable bonds is 7. The molecule has 0 spiro atoms. The molecule has 0 unspecified atom stereocenters. The average Bonchev–Trinajstić information content (AvgIpc) is 2.23. The van der Waals surface area contributed by atoms with E-state index in [2.05, 4.69) is 43.3 Å². The van der Waals surface area contributed by atoms with E-state index in [-0.39, 0.29) is 5.91 Å². The van der Waals surface area contributed by atoms with E-state index in [0.717, 1.165) is 6.54 Å². The third-order valence-corrected chi connectivity index (χ3v) is 1.99. The number of guanidine groups is 1. The number of carbonyl (C=O) groups excluding carboxylic acids is 1. The first-order chi connectivity index (χ1) is 7.91. The Balaban J connectivity index is 3.62. The first-order valence-corrected chi connectivity index (χ1v) is 6.22. The molecule has 1 amide bonds. The van der Waals surface area contributed by atoms with Crippen molar-refractivity contribution >= 4 is 11.9 Å². The Kier molecular flexibility index (Phi) is 8.19. The molecule has 0 aliphatic rings. The number of hydrogen-bond acceptors (Lipinski definition) is 2. The lowest BCUT2D eigenvalue weighted by atomic mass is 10.2. The van der Waals surface area contributed by atoms with Crippen LogP contribution in [0.5, 0.6) is 0 Å². The molecule has 0 radical (unpaired) electrons. The van der Waals surface area contributed by atoms with Crippen molar-refractivity contribution < 1.29 is 4.79 Å². The zero-order valence-electron chi connectivity index (χ0n) is 11.4. The number of amides is 1. The van der Waals surface area contributed by atoms with E-state index in [1.54, 1.807) is 0 Å². The molecule has 4 N–H and O–H groups in total. The summed E-state index contributed by atoms with van der Waals surface area (Å²) in [7, 11) is 0. The standard InChI is InChI=1S/C12H26N4O/c1-9(2)7-15-11(17)5-6-14-12(13)16-8-10(3)4/h9-10H,5-8H2,1-4H3,(H,15,17)(H3,13,14,16). The third kappa shape index (κ3) is 11.0. The van der Waals surface area contributed by atoms with Gasteiger partial charge in [0.1, 0.15) is 0 Å². The van der Waals surface area contributed by atoms with Gasteiger partial charge in [-0.05, 0) is 11.8 Å². The van der Waals surface area contributed by atoms with E-state index in [1.165, 1.54) is 0 Å². The average molecular weight is 242 g/mol. The Bertz CT molecular complexity index is 249. The molecule has 0 aliphatic heterocycles. The van der Waals surface area contributed by atoms with Gasteiger partial charge in [0.25, 0.3) is 0 Å². The Labute approximate surface area is 104 Å². The molecule has 0 aromatic carbocycles. The highest BCUT2D eigenvalue weighted by atomic mass is 16.1. The lowest BCUT2D eigenvalue weighted by Crippen LogP contribution is -2.36. The van der Waals surface area contributed by atoms with E-state index in [1.807, 2.05) is 0 Å². The summed E-state index contributed by atoms with van der Waals surface area (Å²) in [6, 6.07) is 0. The molecule has 0 saturated carbocycles. The maximum Gasteiger partial charge on any atom is 0.221 e. The first-order valence-electron chi connectivity index (χ1n) is 6.22. The van der Waals surface area contributed by atoms with Crippen LogP contribution in [0.4, 0.5) is 0 Å². The minimum absolute atomic E-state index is 0.0443. The van der Waals surface area contributed by atoms with Gasteiger partial charge in [0.15, 0.2) is 5.96 Å². The fourth-order valence-electron chi connectivity index (χ4n) is 1.05. The van der Waals surface area contributed by atoms with Crippen molar-refractivity contribution in [2.45, 2.75) is 34.1 Å². The largest absolute Gasteiger partial charge is 0.370 e. The molecule has 0 aromatic rings. The van der Waals surface area contributed by atoms with Gasteiger partial charge in [-0.25, -0.2) is 0 Å². The van der Waals surface area contributed by atoms with Crippen LogP contribution in [0.25, 0.3) is 0 Å². The van der Waals surface area contributed by atoms with Crippen molar-refractivity contribution in [1.29, 1.82) is 0 Å². The van der Waals surface area contributed by atoms with Gasteiger partial charge < -0.3 is 16.4 Å². The minimum Gasteiger partial charge on any atom is -0.370 e. The molecule has 0 heterocycles. The number of nitrogens with two attached hydrogens (primary N) is 1. The molecule has 0 atom stereocenters. The fraction of sp³-hybridized carbons (Fsp3) is 0.833. The number of carbonyl (C=O) groups is 1. The highest BCUT2D eigenvalue weighted by molar-refractivity contribution is 5.79. The molecular formula is C12H26N4O. The molecular weight excluding hydrogens is 216 g/mol. The van der Waals surface area contributed by atoms with E-state index < -0.39 is 0 Å². The van der Waals surface area contributed by atoms with E-state index in [0.29, 0.717) is 37.3 Å². The van der Waals surface area contributed by atoms with E-state index in [9.17, 15) is 4.79 Å². The Morgan fingerprint density at radius 2 is 1.82 bits per heavy atom. The second kappa shape index (κ2) is 8.84.